The first-order valence-corrected chi connectivity index (χ1v) is 12.0. The van der Waals surface area contributed by atoms with Crippen molar-refractivity contribution in [3.63, 3.8) is 0 Å². The minimum atomic E-state index is -11.2. The van der Waals surface area contributed by atoms with Gasteiger partial charge in [-0.1, -0.05) is 24.3 Å². The number of halogens is 6. The molecule has 0 saturated carbocycles. The van der Waals surface area contributed by atoms with Crippen LogP contribution in [0.4, 0.5) is 16.9 Å². The SMILES string of the molecule is Cc1ccccc1C[n+]1ccccc1C#N.[F][Sb-]([F])([F])([F])([F])[F]. The van der Waals surface area contributed by atoms with Crippen molar-refractivity contribution in [2.24, 2.45) is 0 Å². The molecule has 0 amide bonds. The van der Waals surface area contributed by atoms with E-state index in [0.717, 1.165) is 6.54 Å². The second-order valence-electron chi connectivity index (χ2n) is 4.71. The van der Waals surface area contributed by atoms with E-state index in [0.29, 0.717) is 5.69 Å². The van der Waals surface area contributed by atoms with Crippen LogP contribution in [0.1, 0.15) is 16.8 Å². The molecule has 0 aliphatic rings. The van der Waals surface area contributed by atoms with Gasteiger partial charge in [-0.25, -0.2) is 0 Å². The number of hydrogen-bond donors (Lipinski definition) is 0. The van der Waals surface area contributed by atoms with E-state index < -0.39 is 19.5 Å². The van der Waals surface area contributed by atoms with Gasteiger partial charge >= 0.3 is 36.4 Å². The summed E-state index contributed by atoms with van der Waals surface area (Å²) in [7, 11) is 0. The van der Waals surface area contributed by atoms with Gasteiger partial charge in [0.05, 0.1) is 0 Å². The third kappa shape index (κ3) is 9.79. The molecule has 1 aromatic heterocycles. The average molecular weight is 445 g/mol. The number of hydrogen-bond acceptors (Lipinski definition) is 1. The molecule has 0 saturated heterocycles. The molecular weight excluding hydrogens is 432 g/mol. The Hall–Kier alpha value is -1.74. The summed E-state index contributed by atoms with van der Waals surface area (Å²) in [6, 6.07) is 16.1. The van der Waals surface area contributed by atoms with Crippen LogP contribution in [0.5, 0.6) is 0 Å². The Bertz CT molecular complexity index is 723. The maximum absolute atomic E-state index is 11.2. The number of rotatable bonds is 2. The van der Waals surface area contributed by atoms with Crippen molar-refractivity contribution in [3.8, 4) is 6.07 Å². The number of benzene rings is 1. The van der Waals surface area contributed by atoms with Gasteiger partial charge in [0.25, 0.3) is 5.69 Å². The third-order valence-corrected chi connectivity index (χ3v) is 2.66. The topological polar surface area (TPSA) is 27.7 Å². The van der Waals surface area contributed by atoms with Crippen molar-refractivity contribution in [2.45, 2.75) is 13.5 Å². The van der Waals surface area contributed by atoms with Gasteiger partial charge in [-0.2, -0.15) is 9.83 Å². The van der Waals surface area contributed by atoms with E-state index in [4.69, 9.17) is 5.26 Å². The van der Waals surface area contributed by atoms with E-state index in [9.17, 15) is 16.9 Å². The summed E-state index contributed by atoms with van der Waals surface area (Å²) in [5, 5.41) is 8.99. The van der Waals surface area contributed by atoms with E-state index in [1.54, 1.807) is 0 Å². The molecule has 0 atom stereocenters. The summed E-state index contributed by atoms with van der Waals surface area (Å²) in [5.41, 5.74) is 3.18. The van der Waals surface area contributed by atoms with Crippen LogP contribution in [-0.2, 0) is 6.54 Å². The zero-order valence-electron chi connectivity index (χ0n) is 11.9. The van der Waals surface area contributed by atoms with Gasteiger partial charge in [0.1, 0.15) is 0 Å². The Morgan fingerprint density at radius 1 is 0.957 bits per heavy atom. The first kappa shape index (κ1) is 19.3. The molecule has 0 N–H and O–H groups in total. The van der Waals surface area contributed by atoms with Gasteiger partial charge in [0.15, 0.2) is 18.8 Å². The Morgan fingerprint density at radius 3 is 2.00 bits per heavy atom. The molecule has 1 heterocycles. The number of nitrogens with zero attached hydrogens (tertiary/aromatic N) is 2. The first-order valence-electron chi connectivity index (χ1n) is 6.26. The quantitative estimate of drug-likeness (QED) is 0.384. The normalized spacial score (nSPS) is 13.8. The van der Waals surface area contributed by atoms with Crippen LogP contribution in [-0.4, -0.2) is 19.5 Å². The molecule has 2 rings (SSSR count). The molecule has 0 aliphatic carbocycles. The van der Waals surface area contributed by atoms with Crippen molar-refractivity contribution < 1.29 is 21.4 Å². The van der Waals surface area contributed by atoms with Crippen LogP contribution < -0.4 is 4.57 Å². The fourth-order valence-electron chi connectivity index (χ4n) is 1.69. The molecule has 0 radical (unpaired) electrons. The summed E-state index contributed by atoms with van der Waals surface area (Å²) in [6.07, 6.45) is 1.94. The van der Waals surface area contributed by atoms with E-state index in [-0.39, 0.29) is 0 Å². The molecule has 9 heteroatoms. The fraction of sp³-hybridized carbons (Fsp3) is 0.143. The molecular formula is C14H13F6N2Sb. The predicted octanol–water partition coefficient (Wildman–Crippen LogP) is 4.34. The minimum absolute atomic E-state index is 0.686. The fourth-order valence-corrected chi connectivity index (χ4v) is 1.69. The molecule has 0 aliphatic heterocycles. The van der Waals surface area contributed by atoms with Crippen molar-refractivity contribution in [1.82, 2.24) is 0 Å². The number of aryl methyl sites for hydroxylation is 1. The second kappa shape index (κ2) is 6.04. The summed E-state index contributed by atoms with van der Waals surface area (Å²) < 4.78 is 61.5. The van der Waals surface area contributed by atoms with Gasteiger partial charge in [-0.05, 0) is 18.6 Å². The number of pyridine rings is 1. The van der Waals surface area contributed by atoms with Gasteiger partial charge < -0.3 is 0 Å². The van der Waals surface area contributed by atoms with E-state index in [1.807, 2.05) is 41.1 Å². The van der Waals surface area contributed by atoms with E-state index in [2.05, 4.69) is 25.1 Å². The molecule has 126 valence electrons. The molecule has 0 bridgehead atoms. The average Bonchev–Trinajstić information content (AvgIpc) is 2.38. The summed E-state index contributed by atoms with van der Waals surface area (Å²) in [6.45, 7) is 2.83. The van der Waals surface area contributed by atoms with Crippen molar-refractivity contribution in [3.05, 3.63) is 65.5 Å². The van der Waals surface area contributed by atoms with Gasteiger partial charge in [0, 0.05) is 17.7 Å². The van der Waals surface area contributed by atoms with Crippen LogP contribution >= 0.6 is 0 Å². The van der Waals surface area contributed by atoms with Crippen LogP contribution in [0.15, 0.2) is 48.7 Å². The van der Waals surface area contributed by atoms with E-state index >= 15 is 0 Å². The molecule has 0 unspecified atom stereocenters. The van der Waals surface area contributed by atoms with Crippen molar-refractivity contribution >= 4 is 19.5 Å². The van der Waals surface area contributed by atoms with Crippen LogP contribution in [0.25, 0.3) is 0 Å². The molecule has 1 aromatic carbocycles. The predicted molar refractivity (Wildman–Crippen MR) is 74.0 cm³/mol. The summed E-state index contributed by atoms with van der Waals surface area (Å²) >= 11 is -11.2. The summed E-state index contributed by atoms with van der Waals surface area (Å²) in [5.74, 6) is 0. The number of aromatic nitrogens is 1. The zero-order valence-corrected chi connectivity index (χ0v) is 14.5. The summed E-state index contributed by atoms with van der Waals surface area (Å²) in [4.78, 5) is 0. The van der Waals surface area contributed by atoms with E-state index in [1.165, 1.54) is 11.1 Å². The Morgan fingerprint density at radius 2 is 1.48 bits per heavy atom. The zero-order chi connectivity index (χ0) is 17.8. The second-order valence-corrected chi connectivity index (χ2v) is 10.2. The Kier molecular flexibility index (Phi) is 5.07. The monoisotopic (exact) mass is 444 g/mol. The molecule has 2 aromatic rings. The van der Waals surface area contributed by atoms with Crippen molar-refractivity contribution in [2.75, 3.05) is 0 Å². The third-order valence-electron chi connectivity index (χ3n) is 2.66. The van der Waals surface area contributed by atoms with Crippen LogP contribution in [0.3, 0.4) is 0 Å². The molecule has 0 fully saturated rings. The van der Waals surface area contributed by atoms with Crippen LogP contribution in [0, 0.1) is 18.3 Å². The first-order chi connectivity index (χ1) is 10.3. The Balaban J connectivity index is 0.000000322. The van der Waals surface area contributed by atoms with Gasteiger partial charge in [0.2, 0.25) is 0 Å². The molecule has 23 heavy (non-hydrogen) atoms. The maximum atomic E-state index is 9.93. The standard InChI is InChI=1S/C14H13N2.6FH.Sb/c1-12-6-2-3-7-13(12)11-16-9-5-4-8-14(16)10-15;;;;;;;/h2-9H,11H2,1H3;6*1H;/q+1;;;;;;;+5/p-6. The molecule has 0 spiro atoms. The van der Waals surface area contributed by atoms with Crippen molar-refractivity contribution in [1.29, 1.82) is 5.26 Å². The van der Waals surface area contributed by atoms with Gasteiger partial charge in [-0.15, -0.1) is 0 Å². The van der Waals surface area contributed by atoms with Crippen LogP contribution in [0.2, 0.25) is 0 Å². The Labute approximate surface area is 131 Å². The molecule has 2 nitrogen and oxygen atoms in total. The number of nitriles is 1. The van der Waals surface area contributed by atoms with Gasteiger partial charge in [-0.3, -0.25) is 0 Å².